The molecule has 0 unspecified atom stereocenters. The van der Waals surface area contributed by atoms with Crippen LogP contribution in [0.4, 0.5) is 4.39 Å². The first-order valence-electron chi connectivity index (χ1n) is 4.73. The Morgan fingerprint density at radius 2 is 1.93 bits per heavy atom. The molecule has 14 heavy (non-hydrogen) atoms. The van der Waals surface area contributed by atoms with Crippen LogP contribution in [-0.4, -0.2) is 0 Å². The van der Waals surface area contributed by atoms with E-state index in [9.17, 15) is 4.39 Å². The highest BCUT2D eigenvalue weighted by atomic mass is 79.9. The summed E-state index contributed by atoms with van der Waals surface area (Å²) in [5, 5.41) is 0. The van der Waals surface area contributed by atoms with Crippen LogP contribution in [0.1, 0.15) is 24.0 Å². The van der Waals surface area contributed by atoms with E-state index in [1.165, 1.54) is 11.1 Å². The van der Waals surface area contributed by atoms with Gasteiger partial charge in [0.15, 0.2) is 4.74 Å². The van der Waals surface area contributed by atoms with Gasteiger partial charge in [-0.25, -0.2) is 0 Å². The van der Waals surface area contributed by atoms with Crippen molar-refractivity contribution in [1.82, 2.24) is 0 Å². The van der Waals surface area contributed by atoms with Gasteiger partial charge in [-0.1, -0.05) is 29.8 Å². The Kier molecular flexibility index (Phi) is 2.48. The smallest absolute Gasteiger partial charge is 0.162 e. The number of hydrogen-bond acceptors (Lipinski definition) is 0. The fraction of sp³-hybridized carbons (Fsp3) is 0.333. The van der Waals surface area contributed by atoms with Crippen LogP contribution in [0.5, 0.6) is 0 Å². The standard InChI is InChI=1S/C12H12BrF/c1-9-2-4-10(5-3-9)12(6-7-12)8-11(13)14/h2-5,8H,6-7H2,1H3/b11-8-. The van der Waals surface area contributed by atoms with Crippen LogP contribution >= 0.6 is 15.9 Å². The predicted octanol–water partition coefficient (Wildman–Crippen LogP) is 4.23. The Morgan fingerprint density at radius 1 is 1.36 bits per heavy atom. The predicted molar refractivity (Wildman–Crippen MR) is 60.2 cm³/mol. The summed E-state index contributed by atoms with van der Waals surface area (Å²) in [7, 11) is 0. The second-order valence-electron chi connectivity index (χ2n) is 3.96. The van der Waals surface area contributed by atoms with Crippen LogP contribution in [0.15, 0.2) is 35.1 Å². The topological polar surface area (TPSA) is 0 Å². The number of rotatable bonds is 2. The normalized spacial score (nSPS) is 19.5. The molecule has 0 radical (unpaired) electrons. The van der Waals surface area contributed by atoms with E-state index in [-0.39, 0.29) is 10.2 Å². The first kappa shape index (κ1) is 9.91. The van der Waals surface area contributed by atoms with Crippen LogP contribution in [0.25, 0.3) is 0 Å². The van der Waals surface area contributed by atoms with E-state index in [2.05, 4.69) is 47.1 Å². The van der Waals surface area contributed by atoms with Gasteiger partial charge in [0.05, 0.1) is 0 Å². The molecule has 0 spiro atoms. The lowest BCUT2D eigenvalue weighted by Crippen LogP contribution is -2.01. The molecule has 1 aromatic rings. The van der Waals surface area contributed by atoms with Gasteiger partial charge in [0.1, 0.15) is 0 Å². The van der Waals surface area contributed by atoms with E-state index < -0.39 is 0 Å². The molecule has 1 aliphatic carbocycles. The van der Waals surface area contributed by atoms with Crippen molar-refractivity contribution in [3.63, 3.8) is 0 Å². The zero-order valence-corrected chi connectivity index (χ0v) is 9.64. The second kappa shape index (κ2) is 3.50. The number of hydrogen-bond donors (Lipinski definition) is 0. The molecule has 0 nitrogen and oxygen atoms in total. The third-order valence-electron chi connectivity index (χ3n) is 2.80. The highest BCUT2D eigenvalue weighted by Crippen LogP contribution is 2.50. The number of benzene rings is 1. The lowest BCUT2D eigenvalue weighted by molar-refractivity contribution is 0.686. The molecule has 0 amide bonds. The van der Waals surface area contributed by atoms with E-state index in [0.29, 0.717) is 0 Å². The molecular weight excluding hydrogens is 243 g/mol. The summed E-state index contributed by atoms with van der Waals surface area (Å²) in [5.74, 6) is 0. The first-order valence-corrected chi connectivity index (χ1v) is 5.53. The summed E-state index contributed by atoms with van der Waals surface area (Å²) in [4.78, 5) is 0. The molecule has 1 aliphatic rings. The molecule has 0 saturated heterocycles. The molecule has 0 atom stereocenters. The molecule has 0 aliphatic heterocycles. The van der Waals surface area contributed by atoms with Crippen LogP contribution in [0.2, 0.25) is 0 Å². The molecule has 1 fully saturated rings. The highest BCUT2D eigenvalue weighted by Gasteiger charge is 2.42. The van der Waals surface area contributed by atoms with Crippen LogP contribution in [-0.2, 0) is 5.41 Å². The van der Waals surface area contributed by atoms with Gasteiger partial charge in [-0.05, 0) is 47.3 Å². The quantitative estimate of drug-likeness (QED) is 0.741. The number of aryl methyl sites for hydroxylation is 1. The van der Waals surface area contributed by atoms with Gasteiger partial charge in [-0.3, -0.25) is 0 Å². The van der Waals surface area contributed by atoms with Gasteiger partial charge in [-0.15, -0.1) is 0 Å². The van der Waals surface area contributed by atoms with Crippen LogP contribution < -0.4 is 0 Å². The summed E-state index contributed by atoms with van der Waals surface area (Å²) >= 11 is 2.86. The van der Waals surface area contributed by atoms with Crippen LogP contribution in [0, 0.1) is 6.92 Å². The molecule has 2 rings (SSSR count). The monoisotopic (exact) mass is 254 g/mol. The Labute approximate surface area is 92.0 Å². The van der Waals surface area contributed by atoms with E-state index in [1.807, 2.05) is 0 Å². The van der Waals surface area contributed by atoms with Gasteiger partial charge in [0.2, 0.25) is 0 Å². The maximum absolute atomic E-state index is 12.8. The summed E-state index contributed by atoms with van der Waals surface area (Å²) in [6.45, 7) is 2.06. The average Bonchev–Trinajstić information content (AvgIpc) is 2.85. The van der Waals surface area contributed by atoms with Crippen molar-refractivity contribution in [2.24, 2.45) is 0 Å². The van der Waals surface area contributed by atoms with Gasteiger partial charge in [0.25, 0.3) is 0 Å². The molecule has 0 N–H and O–H groups in total. The van der Waals surface area contributed by atoms with Crippen molar-refractivity contribution < 1.29 is 4.39 Å². The van der Waals surface area contributed by atoms with Crippen LogP contribution in [0.3, 0.4) is 0 Å². The summed E-state index contributed by atoms with van der Waals surface area (Å²) < 4.78 is 12.5. The van der Waals surface area contributed by atoms with Crippen molar-refractivity contribution in [2.75, 3.05) is 0 Å². The summed E-state index contributed by atoms with van der Waals surface area (Å²) in [5.41, 5.74) is 2.44. The maximum Gasteiger partial charge on any atom is 0.162 e. The lowest BCUT2D eigenvalue weighted by atomic mass is 9.95. The largest absolute Gasteiger partial charge is 0.199 e. The van der Waals surface area contributed by atoms with E-state index >= 15 is 0 Å². The molecule has 2 heteroatoms. The minimum atomic E-state index is -0.254. The Bertz CT molecular complexity index is 356. The summed E-state index contributed by atoms with van der Waals surface area (Å²) in [6.07, 6.45) is 3.78. The minimum Gasteiger partial charge on any atom is -0.199 e. The molecule has 0 heterocycles. The fourth-order valence-corrected chi connectivity index (χ4v) is 2.18. The van der Waals surface area contributed by atoms with Crippen molar-refractivity contribution >= 4 is 15.9 Å². The van der Waals surface area contributed by atoms with E-state index in [4.69, 9.17) is 0 Å². The zero-order chi connectivity index (χ0) is 10.2. The average molecular weight is 255 g/mol. The van der Waals surface area contributed by atoms with Crippen molar-refractivity contribution in [1.29, 1.82) is 0 Å². The van der Waals surface area contributed by atoms with Gasteiger partial charge in [0, 0.05) is 5.41 Å². The molecule has 1 saturated carbocycles. The molecule has 74 valence electrons. The van der Waals surface area contributed by atoms with Crippen molar-refractivity contribution in [3.05, 3.63) is 46.2 Å². The molecular formula is C12H12BrF. The highest BCUT2D eigenvalue weighted by molar-refractivity contribution is 9.11. The third-order valence-corrected chi connectivity index (χ3v) is 3.03. The second-order valence-corrected chi connectivity index (χ2v) is 4.71. The van der Waals surface area contributed by atoms with Gasteiger partial charge in [-0.2, -0.15) is 4.39 Å². The number of allylic oxidation sites excluding steroid dienone is 1. The SMILES string of the molecule is Cc1ccc(C2(/C=C(\F)Br)CC2)cc1. The summed E-state index contributed by atoms with van der Waals surface area (Å²) in [6, 6.07) is 8.34. The first-order chi connectivity index (χ1) is 6.62. The Morgan fingerprint density at radius 3 is 2.36 bits per heavy atom. The van der Waals surface area contributed by atoms with Gasteiger partial charge < -0.3 is 0 Å². The Balaban J connectivity index is 2.31. The third kappa shape index (κ3) is 1.90. The van der Waals surface area contributed by atoms with E-state index in [1.54, 1.807) is 6.08 Å². The Hall–Kier alpha value is -0.630. The minimum absolute atomic E-state index is 0.0265. The molecule has 0 bridgehead atoms. The molecule has 1 aromatic carbocycles. The van der Waals surface area contributed by atoms with E-state index in [0.717, 1.165) is 12.8 Å². The zero-order valence-electron chi connectivity index (χ0n) is 8.06. The molecule has 0 aromatic heterocycles. The van der Waals surface area contributed by atoms with Gasteiger partial charge >= 0.3 is 0 Å². The maximum atomic E-state index is 12.8. The van der Waals surface area contributed by atoms with Crippen molar-refractivity contribution in [2.45, 2.75) is 25.2 Å². The van der Waals surface area contributed by atoms with Crippen molar-refractivity contribution in [3.8, 4) is 0 Å². The number of halogens is 2. The lowest BCUT2D eigenvalue weighted by Gasteiger charge is -2.10. The fourth-order valence-electron chi connectivity index (χ4n) is 1.75.